The lowest BCUT2D eigenvalue weighted by molar-refractivity contribution is -0.117. The van der Waals surface area contributed by atoms with Crippen molar-refractivity contribution in [2.24, 2.45) is 0 Å². The third-order valence-corrected chi connectivity index (χ3v) is 5.36. The largest absolute Gasteiger partial charge is 0.354 e. The van der Waals surface area contributed by atoms with E-state index in [1.165, 1.54) is 6.92 Å². The second-order valence-corrected chi connectivity index (χ2v) is 7.62. The van der Waals surface area contributed by atoms with Crippen molar-refractivity contribution in [2.75, 3.05) is 25.0 Å². The summed E-state index contributed by atoms with van der Waals surface area (Å²) in [5, 5.41) is 5.96. The lowest BCUT2D eigenvalue weighted by Gasteiger charge is -2.31. The van der Waals surface area contributed by atoms with Gasteiger partial charge in [-0.15, -0.1) is 0 Å². The zero-order valence-electron chi connectivity index (χ0n) is 17.2. The van der Waals surface area contributed by atoms with Gasteiger partial charge in [-0.05, 0) is 51.3 Å². The van der Waals surface area contributed by atoms with E-state index < -0.39 is 0 Å². The molecule has 154 valence electrons. The van der Waals surface area contributed by atoms with Gasteiger partial charge in [0.2, 0.25) is 5.91 Å². The van der Waals surface area contributed by atoms with E-state index in [2.05, 4.69) is 20.5 Å². The van der Waals surface area contributed by atoms with Gasteiger partial charge in [0.15, 0.2) is 5.78 Å². The second-order valence-electron chi connectivity index (χ2n) is 7.62. The van der Waals surface area contributed by atoms with Gasteiger partial charge in [0, 0.05) is 36.1 Å². The average Bonchev–Trinajstić information content (AvgIpc) is 2.98. The first-order valence-electron chi connectivity index (χ1n) is 9.93. The zero-order chi connectivity index (χ0) is 21.0. The smallest absolute Gasteiger partial charge is 0.268 e. The molecule has 7 nitrogen and oxygen atoms in total. The number of ketones is 1. The number of aromatic nitrogens is 1. The Bertz CT molecular complexity index is 896. The maximum Gasteiger partial charge on any atom is 0.268 e. The summed E-state index contributed by atoms with van der Waals surface area (Å²) >= 11 is 0. The van der Waals surface area contributed by atoms with Crippen LogP contribution in [0.1, 0.15) is 51.9 Å². The van der Waals surface area contributed by atoms with Gasteiger partial charge >= 0.3 is 0 Å². The van der Waals surface area contributed by atoms with Crippen molar-refractivity contribution in [3.8, 4) is 0 Å². The Morgan fingerprint density at radius 2 is 1.76 bits per heavy atom. The Morgan fingerprint density at radius 3 is 2.34 bits per heavy atom. The number of carbonyl (C=O) groups is 3. The highest BCUT2D eigenvalue weighted by molar-refractivity contribution is 6.02. The van der Waals surface area contributed by atoms with Crippen molar-refractivity contribution in [3.63, 3.8) is 0 Å². The molecule has 29 heavy (non-hydrogen) atoms. The van der Waals surface area contributed by atoms with Gasteiger partial charge in [-0.1, -0.05) is 18.2 Å². The molecule has 0 bridgehead atoms. The molecule has 1 aromatic carbocycles. The quantitative estimate of drug-likeness (QED) is 0.655. The number of piperidine rings is 1. The van der Waals surface area contributed by atoms with E-state index >= 15 is 0 Å². The van der Waals surface area contributed by atoms with Crippen molar-refractivity contribution in [3.05, 3.63) is 52.8 Å². The molecule has 2 amide bonds. The van der Waals surface area contributed by atoms with Gasteiger partial charge in [0.05, 0.1) is 6.54 Å². The van der Waals surface area contributed by atoms with E-state index in [0.29, 0.717) is 23.4 Å². The molecule has 0 radical (unpaired) electrons. The lowest BCUT2D eigenvalue weighted by Crippen LogP contribution is -2.46. The lowest BCUT2D eigenvalue weighted by atomic mass is 10.0. The normalized spacial score (nSPS) is 15.1. The first-order valence-corrected chi connectivity index (χ1v) is 9.93. The summed E-state index contributed by atoms with van der Waals surface area (Å²) in [4.78, 5) is 41.8. The topological polar surface area (TPSA) is 94.3 Å². The van der Waals surface area contributed by atoms with Gasteiger partial charge < -0.3 is 15.6 Å². The molecule has 1 fully saturated rings. The minimum absolute atomic E-state index is 0.0343. The predicted molar refractivity (Wildman–Crippen MR) is 112 cm³/mol. The Kier molecular flexibility index (Phi) is 6.49. The minimum atomic E-state index is -0.182. The van der Waals surface area contributed by atoms with E-state index in [1.54, 1.807) is 13.8 Å². The highest BCUT2D eigenvalue weighted by Gasteiger charge is 2.25. The zero-order valence-corrected chi connectivity index (χ0v) is 17.2. The Balaban J connectivity index is 1.48. The monoisotopic (exact) mass is 396 g/mol. The van der Waals surface area contributed by atoms with Crippen LogP contribution >= 0.6 is 0 Å². The fourth-order valence-electron chi connectivity index (χ4n) is 3.92. The number of hydrogen-bond acceptors (Lipinski definition) is 4. The molecule has 1 saturated heterocycles. The van der Waals surface area contributed by atoms with Crippen molar-refractivity contribution in [2.45, 2.75) is 39.7 Å². The molecule has 2 aromatic rings. The molecular formula is C22H28N4O3. The number of likely N-dealkylation sites (tertiary alicyclic amines) is 1. The van der Waals surface area contributed by atoms with Gasteiger partial charge in [-0.2, -0.15) is 0 Å². The predicted octanol–water partition coefficient (Wildman–Crippen LogP) is 2.67. The van der Waals surface area contributed by atoms with Gasteiger partial charge in [0.25, 0.3) is 5.91 Å². The summed E-state index contributed by atoms with van der Waals surface area (Å²) in [6, 6.07) is 9.46. The molecule has 1 aromatic heterocycles. The number of benzene rings is 1. The van der Waals surface area contributed by atoms with Crippen LogP contribution in [0.3, 0.4) is 0 Å². The number of aryl methyl sites for hydroxylation is 1. The number of hydrogen-bond donors (Lipinski definition) is 3. The van der Waals surface area contributed by atoms with Crippen LogP contribution in [0.5, 0.6) is 0 Å². The van der Waals surface area contributed by atoms with Crippen LogP contribution in [0.15, 0.2) is 30.3 Å². The van der Waals surface area contributed by atoms with E-state index in [9.17, 15) is 14.4 Å². The van der Waals surface area contributed by atoms with Crippen LogP contribution in [0.2, 0.25) is 0 Å². The average molecular weight is 396 g/mol. The Hall–Kier alpha value is -2.93. The van der Waals surface area contributed by atoms with E-state index in [4.69, 9.17) is 0 Å². The summed E-state index contributed by atoms with van der Waals surface area (Å²) in [5.41, 5.74) is 3.26. The highest BCUT2D eigenvalue weighted by Crippen LogP contribution is 2.19. The molecule has 0 unspecified atom stereocenters. The van der Waals surface area contributed by atoms with Crippen LogP contribution < -0.4 is 10.6 Å². The first-order chi connectivity index (χ1) is 13.8. The Morgan fingerprint density at radius 1 is 1.10 bits per heavy atom. The number of nitrogens with zero attached hydrogens (tertiary/aromatic N) is 1. The summed E-state index contributed by atoms with van der Waals surface area (Å²) in [5.74, 6) is -0.260. The number of carbonyl (C=O) groups excluding carboxylic acids is 3. The number of Topliss-reactive ketones (excluding diaryl/α,β-unsaturated/α-hetero) is 1. The third kappa shape index (κ3) is 5.12. The maximum atomic E-state index is 12.7. The van der Waals surface area contributed by atoms with Gasteiger partial charge in [0.1, 0.15) is 5.69 Å². The molecule has 0 aliphatic carbocycles. The van der Waals surface area contributed by atoms with Crippen LogP contribution in [0.25, 0.3) is 0 Å². The standard InChI is InChI=1S/C22H28N4O3/c1-14-20(16(3)27)15(2)23-21(14)22(29)25-18-9-11-26(12-10-18)13-19(28)24-17-7-5-4-6-8-17/h4-8,18,23H,9-13H2,1-3H3,(H,24,28)(H,25,29). The second kappa shape index (κ2) is 9.05. The number of nitrogens with one attached hydrogen (secondary N) is 3. The first kappa shape index (κ1) is 20.8. The van der Waals surface area contributed by atoms with Crippen LogP contribution in [0, 0.1) is 13.8 Å². The summed E-state index contributed by atoms with van der Waals surface area (Å²) < 4.78 is 0. The molecular weight excluding hydrogens is 368 g/mol. The van der Waals surface area contributed by atoms with Gasteiger partial charge in [-0.3, -0.25) is 19.3 Å². The molecule has 3 rings (SSSR count). The summed E-state index contributed by atoms with van der Waals surface area (Å²) in [6.45, 7) is 6.94. The molecule has 0 spiro atoms. The number of H-pyrrole nitrogens is 1. The maximum absolute atomic E-state index is 12.7. The molecule has 7 heteroatoms. The third-order valence-electron chi connectivity index (χ3n) is 5.36. The summed E-state index contributed by atoms with van der Waals surface area (Å²) in [6.07, 6.45) is 1.56. The van der Waals surface area contributed by atoms with Gasteiger partial charge in [-0.25, -0.2) is 0 Å². The van der Waals surface area contributed by atoms with Crippen LogP contribution in [0.4, 0.5) is 5.69 Å². The van der Waals surface area contributed by atoms with E-state index in [0.717, 1.165) is 37.3 Å². The molecule has 2 heterocycles. The Labute approximate surface area is 170 Å². The van der Waals surface area contributed by atoms with Crippen molar-refractivity contribution in [1.82, 2.24) is 15.2 Å². The van der Waals surface area contributed by atoms with Crippen molar-refractivity contribution < 1.29 is 14.4 Å². The van der Waals surface area contributed by atoms with E-state index in [1.807, 2.05) is 30.3 Å². The molecule has 0 atom stereocenters. The van der Waals surface area contributed by atoms with Crippen molar-refractivity contribution >= 4 is 23.3 Å². The molecule has 1 aliphatic heterocycles. The van der Waals surface area contributed by atoms with Crippen molar-refractivity contribution in [1.29, 1.82) is 0 Å². The molecule has 0 saturated carbocycles. The molecule has 3 N–H and O–H groups in total. The fourth-order valence-corrected chi connectivity index (χ4v) is 3.92. The number of amides is 2. The van der Waals surface area contributed by atoms with Crippen LogP contribution in [-0.4, -0.2) is 53.2 Å². The SMILES string of the molecule is CC(=O)c1c(C)[nH]c(C(=O)NC2CCN(CC(=O)Nc3ccccc3)CC2)c1C. The summed E-state index contributed by atoms with van der Waals surface area (Å²) in [7, 11) is 0. The minimum Gasteiger partial charge on any atom is -0.354 e. The highest BCUT2D eigenvalue weighted by atomic mass is 16.2. The molecule has 1 aliphatic rings. The number of para-hydroxylation sites is 1. The van der Waals surface area contributed by atoms with E-state index in [-0.39, 0.29) is 23.6 Å². The number of anilines is 1. The number of aromatic amines is 1. The van der Waals surface area contributed by atoms with Crippen LogP contribution in [-0.2, 0) is 4.79 Å². The number of rotatable bonds is 6. The fraction of sp³-hybridized carbons (Fsp3) is 0.409.